The Balaban J connectivity index is 2.80. The molecule has 0 amide bonds. The van der Waals surface area contributed by atoms with E-state index in [1.807, 2.05) is 32.0 Å². The lowest BCUT2D eigenvalue weighted by molar-refractivity contribution is 0.460. The third-order valence-corrected chi connectivity index (χ3v) is 3.07. The standard InChI is InChI=1S/C15H16N2O/c1-4-13(10(2)3)17-14(16)9-11-7-5-6-8-12(11)15(17)18/h1,5-10,13H,16H2,2-3H3. The highest BCUT2D eigenvalue weighted by Gasteiger charge is 2.17. The predicted molar refractivity (Wildman–Crippen MR) is 75.3 cm³/mol. The van der Waals surface area contributed by atoms with Gasteiger partial charge in [0.2, 0.25) is 0 Å². The molecule has 1 heterocycles. The normalized spacial score (nSPS) is 12.6. The molecule has 3 nitrogen and oxygen atoms in total. The van der Waals surface area contributed by atoms with Gasteiger partial charge in [0, 0.05) is 5.39 Å². The maximum atomic E-state index is 12.4. The Morgan fingerprint density at radius 2 is 2.00 bits per heavy atom. The van der Waals surface area contributed by atoms with E-state index in [4.69, 9.17) is 12.2 Å². The van der Waals surface area contributed by atoms with Gasteiger partial charge in [0.05, 0.1) is 0 Å². The minimum absolute atomic E-state index is 0.123. The molecular weight excluding hydrogens is 224 g/mol. The molecule has 2 rings (SSSR count). The molecule has 1 unspecified atom stereocenters. The third kappa shape index (κ3) is 1.86. The Labute approximate surface area is 106 Å². The fourth-order valence-electron chi connectivity index (χ4n) is 2.15. The first-order valence-corrected chi connectivity index (χ1v) is 5.92. The maximum absolute atomic E-state index is 12.4. The second-order valence-electron chi connectivity index (χ2n) is 4.69. The molecule has 3 heteroatoms. The highest BCUT2D eigenvalue weighted by atomic mass is 16.1. The summed E-state index contributed by atoms with van der Waals surface area (Å²) in [7, 11) is 0. The van der Waals surface area contributed by atoms with Crippen molar-refractivity contribution >= 4 is 16.6 Å². The van der Waals surface area contributed by atoms with Crippen LogP contribution >= 0.6 is 0 Å². The molecule has 1 aromatic heterocycles. The van der Waals surface area contributed by atoms with Crippen LogP contribution in [0.4, 0.5) is 5.82 Å². The van der Waals surface area contributed by atoms with Crippen molar-refractivity contribution in [3.8, 4) is 12.3 Å². The first-order chi connectivity index (χ1) is 8.56. The summed E-state index contributed by atoms with van der Waals surface area (Å²) < 4.78 is 1.51. The van der Waals surface area contributed by atoms with E-state index in [1.54, 1.807) is 12.1 Å². The largest absolute Gasteiger partial charge is 0.385 e. The summed E-state index contributed by atoms with van der Waals surface area (Å²) in [6.45, 7) is 3.96. The summed E-state index contributed by atoms with van der Waals surface area (Å²) >= 11 is 0. The van der Waals surface area contributed by atoms with Crippen molar-refractivity contribution in [2.45, 2.75) is 19.9 Å². The number of pyridine rings is 1. The number of aromatic nitrogens is 1. The van der Waals surface area contributed by atoms with Crippen LogP contribution in [-0.2, 0) is 0 Å². The van der Waals surface area contributed by atoms with E-state index < -0.39 is 0 Å². The van der Waals surface area contributed by atoms with Crippen LogP contribution < -0.4 is 11.3 Å². The molecule has 0 bridgehead atoms. The van der Waals surface area contributed by atoms with Crippen LogP contribution in [0, 0.1) is 18.3 Å². The lowest BCUT2D eigenvalue weighted by Gasteiger charge is -2.20. The molecule has 0 fully saturated rings. The molecule has 2 N–H and O–H groups in total. The Morgan fingerprint density at radius 1 is 1.33 bits per heavy atom. The average molecular weight is 240 g/mol. The van der Waals surface area contributed by atoms with Crippen molar-refractivity contribution in [2.75, 3.05) is 5.73 Å². The Bertz CT molecular complexity index is 677. The molecule has 0 aliphatic carbocycles. The molecule has 1 aromatic carbocycles. The molecule has 92 valence electrons. The fraction of sp³-hybridized carbons (Fsp3) is 0.267. The van der Waals surface area contributed by atoms with Crippen molar-refractivity contribution in [3.63, 3.8) is 0 Å². The maximum Gasteiger partial charge on any atom is 0.261 e. The fourth-order valence-corrected chi connectivity index (χ4v) is 2.15. The second-order valence-corrected chi connectivity index (χ2v) is 4.69. The lowest BCUT2D eigenvalue weighted by Crippen LogP contribution is -2.29. The van der Waals surface area contributed by atoms with E-state index in [9.17, 15) is 4.79 Å². The quantitative estimate of drug-likeness (QED) is 0.819. The van der Waals surface area contributed by atoms with E-state index in [2.05, 4.69) is 5.92 Å². The Morgan fingerprint density at radius 3 is 2.61 bits per heavy atom. The van der Waals surface area contributed by atoms with Gasteiger partial charge < -0.3 is 5.73 Å². The summed E-state index contributed by atoms with van der Waals surface area (Å²) in [5.41, 5.74) is 5.85. The molecule has 0 aliphatic rings. The minimum atomic E-state index is -0.317. The average Bonchev–Trinajstić information content (AvgIpc) is 2.34. The van der Waals surface area contributed by atoms with Gasteiger partial charge in [-0.05, 0) is 23.4 Å². The summed E-state index contributed by atoms with van der Waals surface area (Å²) in [6, 6.07) is 8.86. The van der Waals surface area contributed by atoms with Crippen LogP contribution in [0.15, 0.2) is 35.1 Å². The number of rotatable bonds is 2. The van der Waals surface area contributed by atoms with E-state index in [1.165, 1.54) is 4.57 Å². The number of fused-ring (bicyclic) bond motifs is 1. The number of hydrogen-bond donors (Lipinski definition) is 1. The minimum Gasteiger partial charge on any atom is -0.385 e. The van der Waals surface area contributed by atoms with Crippen molar-refractivity contribution in [1.29, 1.82) is 0 Å². The number of benzene rings is 1. The van der Waals surface area contributed by atoms with Gasteiger partial charge in [-0.25, -0.2) is 0 Å². The Hall–Kier alpha value is -2.21. The molecule has 0 aliphatic heterocycles. The predicted octanol–water partition coefficient (Wildman–Crippen LogP) is 2.41. The number of terminal acetylenes is 1. The van der Waals surface area contributed by atoms with Crippen LogP contribution in [0.1, 0.15) is 19.9 Å². The zero-order valence-corrected chi connectivity index (χ0v) is 10.6. The lowest BCUT2D eigenvalue weighted by atomic mass is 10.0. The van der Waals surface area contributed by atoms with Gasteiger partial charge >= 0.3 is 0 Å². The van der Waals surface area contributed by atoms with E-state index in [0.717, 1.165) is 5.39 Å². The van der Waals surface area contributed by atoms with Crippen LogP contribution in [0.2, 0.25) is 0 Å². The van der Waals surface area contributed by atoms with Gasteiger partial charge in [0.25, 0.3) is 5.56 Å². The first-order valence-electron chi connectivity index (χ1n) is 5.92. The number of anilines is 1. The monoisotopic (exact) mass is 240 g/mol. The van der Waals surface area contributed by atoms with Gasteiger partial charge in [0.15, 0.2) is 0 Å². The Kier molecular flexibility index (Phi) is 3.12. The number of nitrogens with two attached hydrogens (primary N) is 1. The number of nitrogens with zero attached hydrogens (tertiary/aromatic N) is 1. The first kappa shape index (κ1) is 12.3. The molecule has 0 saturated heterocycles. The van der Waals surface area contributed by atoms with Crippen LogP contribution in [0.3, 0.4) is 0 Å². The van der Waals surface area contributed by atoms with Crippen molar-refractivity contribution < 1.29 is 0 Å². The van der Waals surface area contributed by atoms with Crippen LogP contribution in [0.25, 0.3) is 10.8 Å². The van der Waals surface area contributed by atoms with Gasteiger partial charge in [-0.15, -0.1) is 6.42 Å². The summed E-state index contributed by atoms with van der Waals surface area (Å²) in [4.78, 5) is 12.4. The van der Waals surface area contributed by atoms with Gasteiger partial charge in [-0.2, -0.15) is 0 Å². The molecule has 0 saturated carbocycles. The van der Waals surface area contributed by atoms with Gasteiger partial charge in [0.1, 0.15) is 11.9 Å². The van der Waals surface area contributed by atoms with Crippen LogP contribution in [0.5, 0.6) is 0 Å². The molecule has 18 heavy (non-hydrogen) atoms. The summed E-state index contributed by atoms with van der Waals surface area (Å²) in [6.07, 6.45) is 5.52. The molecular formula is C15H16N2O. The van der Waals surface area contributed by atoms with Crippen LogP contribution in [-0.4, -0.2) is 4.57 Å². The summed E-state index contributed by atoms with van der Waals surface area (Å²) in [5, 5.41) is 1.49. The second kappa shape index (κ2) is 4.58. The number of nitrogen functional groups attached to an aromatic ring is 1. The van der Waals surface area contributed by atoms with Crippen molar-refractivity contribution in [3.05, 3.63) is 40.7 Å². The molecule has 0 spiro atoms. The van der Waals surface area contributed by atoms with E-state index in [0.29, 0.717) is 11.2 Å². The van der Waals surface area contributed by atoms with Gasteiger partial charge in [-0.3, -0.25) is 9.36 Å². The zero-order valence-electron chi connectivity index (χ0n) is 10.6. The topological polar surface area (TPSA) is 48.0 Å². The summed E-state index contributed by atoms with van der Waals surface area (Å²) in [5.74, 6) is 3.21. The van der Waals surface area contributed by atoms with Gasteiger partial charge in [-0.1, -0.05) is 38.0 Å². The molecule has 2 aromatic rings. The smallest absolute Gasteiger partial charge is 0.261 e. The highest BCUT2D eigenvalue weighted by Crippen LogP contribution is 2.21. The zero-order chi connectivity index (χ0) is 13.3. The molecule has 0 radical (unpaired) electrons. The van der Waals surface area contributed by atoms with E-state index >= 15 is 0 Å². The van der Waals surface area contributed by atoms with E-state index in [-0.39, 0.29) is 17.5 Å². The highest BCUT2D eigenvalue weighted by molar-refractivity contribution is 5.83. The number of hydrogen-bond acceptors (Lipinski definition) is 2. The third-order valence-electron chi connectivity index (χ3n) is 3.07. The van der Waals surface area contributed by atoms with Crippen molar-refractivity contribution in [2.24, 2.45) is 5.92 Å². The molecule has 1 atom stereocenters. The SMILES string of the molecule is C#CC(C(C)C)n1c(N)cc2ccccc2c1=O. The van der Waals surface area contributed by atoms with Crippen molar-refractivity contribution in [1.82, 2.24) is 4.57 Å².